The van der Waals surface area contributed by atoms with Gasteiger partial charge in [-0.1, -0.05) is 42.5 Å². The minimum absolute atomic E-state index is 0.0168. The number of carbonyl (C=O) groups is 1. The molecule has 0 unspecified atom stereocenters. The van der Waals surface area contributed by atoms with Crippen molar-refractivity contribution in [3.05, 3.63) is 60.2 Å². The number of anilines is 2. The molecule has 0 bridgehead atoms. The number of hydrogen-bond donors (Lipinski definition) is 2. The highest BCUT2D eigenvalue weighted by atomic mass is 16.3. The number of urea groups is 1. The van der Waals surface area contributed by atoms with Gasteiger partial charge in [-0.15, -0.1) is 0 Å². The number of rotatable bonds is 5. The molecule has 0 aliphatic carbocycles. The van der Waals surface area contributed by atoms with Gasteiger partial charge in [0.15, 0.2) is 0 Å². The van der Waals surface area contributed by atoms with Gasteiger partial charge in [0, 0.05) is 20.1 Å². The molecule has 0 radical (unpaired) electrons. The summed E-state index contributed by atoms with van der Waals surface area (Å²) in [5.74, 6) is 0. The third-order valence-corrected chi connectivity index (χ3v) is 4.67. The molecule has 2 aromatic carbocycles. The SMILES string of the molecule is CN(Cc1ccccc1)c1ccccc1NC(=O)N1CCC[C@H]1CO. The second-order valence-electron chi connectivity index (χ2n) is 6.46. The second kappa shape index (κ2) is 8.03. The van der Waals surface area contributed by atoms with Gasteiger partial charge in [-0.3, -0.25) is 0 Å². The average molecular weight is 339 g/mol. The second-order valence-corrected chi connectivity index (χ2v) is 6.46. The molecule has 1 saturated heterocycles. The van der Waals surface area contributed by atoms with E-state index in [1.807, 2.05) is 49.5 Å². The Hall–Kier alpha value is -2.53. The highest BCUT2D eigenvalue weighted by Crippen LogP contribution is 2.27. The Morgan fingerprint density at radius 3 is 2.68 bits per heavy atom. The van der Waals surface area contributed by atoms with Crippen molar-refractivity contribution < 1.29 is 9.90 Å². The van der Waals surface area contributed by atoms with E-state index in [-0.39, 0.29) is 18.7 Å². The molecule has 0 aromatic heterocycles. The molecule has 132 valence electrons. The maximum absolute atomic E-state index is 12.6. The first kappa shape index (κ1) is 17.3. The van der Waals surface area contributed by atoms with Gasteiger partial charge >= 0.3 is 6.03 Å². The molecule has 25 heavy (non-hydrogen) atoms. The maximum atomic E-state index is 12.6. The normalized spacial score (nSPS) is 16.7. The lowest BCUT2D eigenvalue weighted by atomic mass is 10.2. The molecular weight excluding hydrogens is 314 g/mol. The first-order chi connectivity index (χ1) is 12.2. The summed E-state index contributed by atoms with van der Waals surface area (Å²) >= 11 is 0. The molecule has 3 rings (SSSR count). The van der Waals surface area contributed by atoms with Crippen LogP contribution in [0.4, 0.5) is 16.2 Å². The van der Waals surface area contributed by atoms with Crippen LogP contribution in [0.25, 0.3) is 0 Å². The van der Waals surface area contributed by atoms with Gasteiger partial charge < -0.3 is 20.2 Å². The van der Waals surface area contributed by atoms with E-state index in [1.54, 1.807) is 4.90 Å². The van der Waals surface area contributed by atoms with Crippen LogP contribution in [0.5, 0.6) is 0 Å². The number of nitrogens with zero attached hydrogens (tertiary/aromatic N) is 2. The minimum atomic E-state index is -0.142. The maximum Gasteiger partial charge on any atom is 0.322 e. The zero-order valence-electron chi connectivity index (χ0n) is 14.6. The zero-order chi connectivity index (χ0) is 17.6. The Kier molecular flexibility index (Phi) is 5.56. The molecule has 0 spiro atoms. The van der Waals surface area contributed by atoms with Gasteiger partial charge in [0.05, 0.1) is 24.0 Å². The fourth-order valence-corrected chi connectivity index (χ4v) is 3.33. The summed E-state index contributed by atoms with van der Waals surface area (Å²) in [5.41, 5.74) is 2.97. The van der Waals surface area contributed by atoms with Crippen molar-refractivity contribution in [2.45, 2.75) is 25.4 Å². The number of likely N-dealkylation sites (tertiary alicyclic amines) is 1. The van der Waals surface area contributed by atoms with Gasteiger partial charge in [-0.05, 0) is 30.5 Å². The van der Waals surface area contributed by atoms with Crippen molar-refractivity contribution in [2.24, 2.45) is 0 Å². The lowest BCUT2D eigenvalue weighted by Crippen LogP contribution is -2.40. The Morgan fingerprint density at radius 2 is 1.92 bits per heavy atom. The number of carbonyl (C=O) groups excluding carboxylic acids is 1. The molecule has 5 nitrogen and oxygen atoms in total. The molecule has 1 aliphatic rings. The number of amides is 2. The molecule has 1 fully saturated rings. The standard InChI is InChI=1S/C20H25N3O2/c1-22(14-16-8-3-2-4-9-16)19-12-6-5-11-18(19)21-20(25)23-13-7-10-17(23)15-24/h2-6,8-9,11-12,17,24H,7,10,13-15H2,1H3,(H,21,25)/t17-/m0/s1. The van der Waals surface area contributed by atoms with Gasteiger partial charge in [0.25, 0.3) is 0 Å². The van der Waals surface area contributed by atoms with Crippen molar-refractivity contribution >= 4 is 17.4 Å². The number of benzene rings is 2. The Balaban J connectivity index is 1.73. The van der Waals surface area contributed by atoms with Crippen molar-refractivity contribution in [1.29, 1.82) is 0 Å². The van der Waals surface area contributed by atoms with Crippen LogP contribution in [0.1, 0.15) is 18.4 Å². The zero-order valence-corrected chi connectivity index (χ0v) is 14.6. The van der Waals surface area contributed by atoms with Crippen LogP contribution in [-0.2, 0) is 6.54 Å². The lowest BCUT2D eigenvalue weighted by Gasteiger charge is -2.26. The Bertz CT molecular complexity index is 705. The van der Waals surface area contributed by atoms with Crippen LogP contribution in [0, 0.1) is 0 Å². The molecule has 1 heterocycles. The molecular formula is C20H25N3O2. The summed E-state index contributed by atoms with van der Waals surface area (Å²) in [6, 6.07) is 17.8. The van der Waals surface area contributed by atoms with Crippen LogP contribution < -0.4 is 10.2 Å². The van der Waals surface area contributed by atoms with Gasteiger partial charge in [-0.2, -0.15) is 0 Å². The predicted octanol–water partition coefficient (Wildman–Crippen LogP) is 3.31. The highest BCUT2D eigenvalue weighted by Gasteiger charge is 2.28. The number of aliphatic hydroxyl groups excluding tert-OH is 1. The van der Waals surface area contributed by atoms with E-state index in [4.69, 9.17) is 0 Å². The number of para-hydroxylation sites is 2. The van der Waals surface area contributed by atoms with Crippen molar-refractivity contribution in [2.75, 3.05) is 30.4 Å². The summed E-state index contributed by atoms with van der Waals surface area (Å²) in [5, 5.41) is 12.4. The van der Waals surface area contributed by atoms with Crippen molar-refractivity contribution in [3.8, 4) is 0 Å². The smallest absolute Gasteiger partial charge is 0.322 e. The third kappa shape index (κ3) is 4.12. The number of nitrogens with one attached hydrogen (secondary N) is 1. The quantitative estimate of drug-likeness (QED) is 0.879. The lowest BCUT2D eigenvalue weighted by molar-refractivity contribution is 0.166. The summed E-state index contributed by atoms with van der Waals surface area (Å²) in [6.45, 7) is 1.47. The van der Waals surface area contributed by atoms with Gasteiger partial charge in [-0.25, -0.2) is 4.79 Å². The first-order valence-corrected chi connectivity index (χ1v) is 8.71. The molecule has 2 N–H and O–H groups in total. The van der Waals surface area contributed by atoms with E-state index in [1.165, 1.54) is 5.56 Å². The van der Waals surface area contributed by atoms with E-state index in [9.17, 15) is 9.90 Å². The van der Waals surface area contributed by atoms with E-state index < -0.39 is 0 Å². The molecule has 0 saturated carbocycles. The van der Waals surface area contributed by atoms with Gasteiger partial charge in [0.2, 0.25) is 0 Å². The Labute approximate surface area is 148 Å². The fraction of sp³-hybridized carbons (Fsp3) is 0.350. The average Bonchev–Trinajstić information content (AvgIpc) is 3.12. The summed E-state index contributed by atoms with van der Waals surface area (Å²) in [4.78, 5) is 16.5. The van der Waals surface area contributed by atoms with Crippen LogP contribution in [0.15, 0.2) is 54.6 Å². The van der Waals surface area contributed by atoms with E-state index in [0.717, 1.165) is 30.8 Å². The monoisotopic (exact) mass is 339 g/mol. The fourth-order valence-electron chi connectivity index (χ4n) is 3.33. The first-order valence-electron chi connectivity index (χ1n) is 8.71. The van der Waals surface area contributed by atoms with Gasteiger partial charge in [0.1, 0.15) is 0 Å². The van der Waals surface area contributed by atoms with E-state index >= 15 is 0 Å². The third-order valence-electron chi connectivity index (χ3n) is 4.67. The summed E-state index contributed by atoms with van der Waals surface area (Å²) in [7, 11) is 2.02. The predicted molar refractivity (Wildman–Crippen MR) is 101 cm³/mol. The van der Waals surface area contributed by atoms with E-state index in [2.05, 4.69) is 22.3 Å². The van der Waals surface area contributed by atoms with Crippen LogP contribution >= 0.6 is 0 Å². The summed E-state index contributed by atoms with van der Waals surface area (Å²) < 4.78 is 0. The largest absolute Gasteiger partial charge is 0.394 e. The van der Waals surface area contributed by atoms with Crippen LogP contribution in [-0.4, -0.2) is 42.3 Å². The molecule has 1 aliphatic heterocycles. The molecule has 2 aromatic rings. The minimum Gasteiger partial charge on any atom is -0.394 e. The Morgan fingerprint density at radius 1 is 1.20 bits per heavy atom. The van der Waals surface area contributed by atoms with Crippen LogP contribution in [0.3, 0.4) is 0 Å². The molecule has 2 amide bonds. The van der Waals surface area contributed by atoms with Crippen molar-refractivity contribution in [3.63, 3.8) is 0 Å². The van der Waals surface area contributed by atoms with E-state index in [0.29, 0.717) is 6.54 Å². The number of hydrogen-bond acceptors (Lipinski definition) is 3. The van der Waals surface area contributed by atoms with Crippen molar-refractivity contribution in [1.82, 2.24) is 4.90 Å². The summed E-state index contributed by atoms with van der Waals surface area (Å²) in [6.07, 6.45) is 1.80. The highest BCUT2D eigenvalue weighted by molar-refractivity contribution is 5.93. The molecule has 1 atom stereocenters. The number of aliphatic hydroxyl groups is 1. The topological polar surface area (TPSA) is 55.8 Å². The van der Waals surface area contributed by atoms with Crippen LogP contribution in [0.2, 0.25) is 0 Å². The molecule has 5 heteroatoms.